The second kappa shape index (κ2) is 7.01. The summed E-state index contributed by atoms with van der Waals surface area (Å²) < 4.78 is 0. The normalized spacial score (nSPS) is 14.7. The van der Waals surface area contributed by atoms with Crippen LogP contribution in [0.2, 0.25) is 5.02 Å². The molecule has 0 atom stereocenters. The maximum absolute atomic E-state index is 13.3. The van der Waals surface area contributed by atoms with Gasteiger partial charge in [0.1, 0.15) is 5.82 Å². The first-order valence-corrected chi connectivity index (χ1v) is 9.29. The molecule has 3 rings (SSSR count). The summed E-state index contributed by atoms with van der Waals surface area (Å²) in [7, 11) is 4.06. The van der Waals surface area contributed by atoms with E-state index < -0.39 is 0 Å². The van der Waals surface area contributed by atoms with E-state index in [4.69, 9.17) is 11.6 Å². The van der Waals surface area contributed by atoms with E-state index in [-0.39, 0.29) is 11.3 Å². The minimum Gasteiger partial charge on any atom is -0.305 e. The van der Waals surface area contributed by atoms with Crippen LogP contribution in [-0.4, -0.2) is 36.4 Å². The molecule has 1 aromatic heterocycles. The molecule has 26 heavy (non-hydrogen) atoms. The summed E-state index contributed by atoms with van der Waals surface area (Å²) in [5.74, 6) is 0.627. The first-order chi connectivity index (χ1) is 12.2. The molecular weight excluding hydrogens is 346 g/mol. The summed E-state index contributed by atoms with van der Waals surface area (Å²) in [5.41, 5.74) is 4.35. The van der Waals surface area contributed by atoms with E-state index in [9.17, 15) is 4.79 Å². The van der Waals surface area contributed by atoms with Gasteiger partial charge in [-0.25, -0.2) is 4.98 Å². The van der Waals surface area contributed by atoms with Crippen LogP contribution in [0.1, 0.15) is 47.8 Å². The average Bonchev–Trinajstić information content (AvgIpc) is 2.53. The van der Waals surface area contributed by atoms with Crippen LogP contribution in [0.15, 0.2) is 30.5 Å². The predicted octanol–water partition coefficient (Wildman–Crippen LogP) is 4.30. The molecule has 5 heteroatoms. The van der Waals surface area contributed by atoms with Gasteiger partial charge in [0.2, 0.25) is 0 Å². The first kappa shape index (κ1) is 18.9. The average molecular weight is 372 g/mol. The van der Waals surface area contributed by atoms with Gasteiger partial charge < -0.3 is 4.90 Å². The van der Waals surface area contributed by atoms with Crippen molar-refractivity contribution in [2.24, 2.45) is 0 Å². The molecule has 0 aliphatic carbocycles. The standard InChI is InChI=1S/C21H26ClN3O/c1-21(2,3)16-10-14-7-9-25(18-12-17(22)6-8-23-18)20(26)19(14)15(11-16)13-24(4)5/h6,8,10-12H,7,9,13H2,1-5H3. The Balaban J connectivity index is 2.09. The third-order valence-corrected chi connectivity index (χ3v) is 4.94. The highest BCUT2D eigenvalue weighted by Gasteiger charge is 2.30. The van der Waals surface area contributed by atoms with Crippen molar-refractivity contribution in [3.05, 3.63) is 57.7 Å². The quantitative estimate of drug-likeness (QED) is 0.807. The van der Waals surface area contributed by atoms with Crippen molar-refractivity contribution >= 4 is 23.3 Å². The Hall–Kier alpha value is -1.91. The van der Waals surface area contributed by atoms with Crippen LogP contribution in [-0.2, 0) is 18.4 Å². The Morgan fingerprint density at radius 1 is 1.23 bits per heavy atom. The molecule has 1 aromatic carbocycles. The molecular formula is C21H26ClN3O. The molecule has 2 aromatic rings. The van der Waals surface area contributed by atoms with Crippen molar-refractivity contribution < 1.29 is 4.79 Å². The van der Waals surface area contributed by atoms with Crippen LogP contribution in [0.4, 0.5) is 5.82 Å². The fraction of sp³-hybridized carbons (Fsp3) is 0.429. The topological polar surface area (TPSA) is 36.4 Å². The zero-order chi connectivity index (χ0) is 19.1. The van der Waals surface area contributed by atoms with Crippen LogP contribution < -0.4 is 4.90 Å². The van der Waals surface area contributed by atoms with E-state index in [0.717, 1.165) is 29.7 Å². The molecule has 1 aliphatic heterocycles. The van der Waals surface area contributed by atoms with E-state index in [0.29, 0.717) is 17.4 Å². The molecule has 0 saturated carbocycles. The van der Waals surface area contributed by atoms with Gasteiger partial charge in [0, 0.05) is 29.9 Å². The third kappa shape index (κ3) is 3.76. The summed E-state index contributed by atoms with van der Waals surface area (Å²) >= 11 is 6.10. The van der Waals surface area contributed by atoms with E-state index in [2.05, 4.69) is 42.8 Å². The number of hydrogen-bond acceptors (Lipinski definition) is 3. The van der Waals surface area contributed by atoms with Crippen LogP contribution in [0, 0.1) is 0 Å². The highest BCUT2D eigenvalue weighted by molar-refractivity contribution is 6.30. The maximum atomic E-state index is 13.3. The Labute approximate surface area is 160 Å². The highest BCUT2D eigenvalue weighted by atomic mass is 35.5. The fourth-order valence-corrected chi connectivity index (χ4v) is 3.52. The highest BCUT2D eigenvalue weighted by Crippen LogP contribution is 2.32. The number of carbonyl (C=O) groups excluding carboxylic acids is 1. The monoisotopic (exact) mass is 371 g/mol. The van der Waals surface area contributed by atoms with E-state index in [1.54, 1.807) is 23.2 Å². The van der Waals surface area contributed by atoms with Gasteiger partial charge in [-0.05, 0) is 54.8 Å². The zero-order valence-corrected chi connectivity index (χ0v) is 16.9. The van der Waals surface area contributed by atoms with Gasteiger partial charge in [-0.2, -0.15) is 0 Å². The SMILES string of the molecule is CN(C)Cc1cc(C(C)(C)C)cc2c1C(=O)N(c1cc(Cl)ccn1)CC2. The van der Waals surface area contributed by atoms with Crippen LogP contribution >= 0.6 is 11.6 Å². The third-order valence-electron chi connectivity index (χ3n) is 4.70. The lowest BCUT2D eigenvalue weighted by Crippen LogP contribution is -2.39. The Bertz CT molecular complexity index is 840. The van der Waals surface area contributed by atoms with E-state index >= 15 is 0 Å². The molecule has 1 aliphatic rings. The summed E-state index contributed by atoms with van der Waals surface area (Å²) in [5, 5.41) is 0.588. The van der Waals surface area contributed by atoms with Crippen molar-refractivity contribution in [3.63, 3.8) is 0 Å². The number of fused-ring (bicyclic) bond motifs is 1. The zero-order valence-electron chi connectivity index (χ0n) is 16.1. The molecule has 1 amide bonds. The second-order valence-corrected chi connectivity index (χ2v) is 8.63. The fourth-order valence-electron chi connectivity index (χ4n) is 3.37. The van der Waals surface area contributed by atoms with Crippen LogP contribution in [0.25, 0.3) is 0 Å². The Morgan fingerprint density at radius 3 is 2.58 bits per heavy atom. The van der Waals surface area contributed by atoms with Gasteiger partial charge >= 0.3 is 0 Å². The molecule has 0 bridgehead atoms. The molecule has 2 heterocycles. The van der Waals surface area contributed by atoms with Crippen LogP contribution in [0.3, 0.4) is 0 Å². The largest absolute Gasteiger partial charge is 0.305 e. The lowest BCUT2D eigenvalue weighted by atomic mass is 9.81. The van der Waals surface area contributed by atoms with Gasteiger partial charge in [0.25, 0.3) is 5.91 Å². The second-order valence-electron chi connectivity index (χ2n) is 8.20. The number of benzene rings is 1. The summed E-state index contributed by atoms with van der Waals surface area (Å²) in [6, 6.07) is 7.86. The number of nitrogens with zero attached hydrogens (tertiary/aromatic N) is 3. The minimum absolute atomic E-state index is 0.0123. The Morgan fingerprint density at radius 2 is 1.96 bits per heavy atom. The summed E-state index contributed by atoms with van der Waals surface area (Å²) in [4.78, 5) is 21.5. The molecule has 0 fully saturated rings. The molecule has 0 radical (unpaired) electrons. The first-order valence-electron chi connectivity index (χ1n) is 8.91. The van der Waals surface area contributed by atoms with Gasteiger partial charge in [0.15, 0.2) is 0 Å². The van der Waals surface area contributed by atoms with Crippen molar-refractivity contribution in [2.75, 3.05) is 25.5 Å². The minimum atomic E-state index is 0.0123. The predicted molar refractivity (Wildman–Crippen MR) is 107 cm³/mol. The summed E-state index contributed by atoms with van der Waals surface area (Å²) in [6.07, 6.45) is 2.46. The molecule has 0 N–H and O–H groups in total. The number of anilines is 1. The van der Waals surface area contributed by atoms with Crippen molar-refractivity contribution in [1.29, 1.82) is 0 Å². The molecule has 0 saturated heterocycles. The number of pyridine rings is 1. The van der Waals surface area contributed by atoms with Crippen molar-refractivity contribution in [1.82, 2.24) is 9.88 Å². The molecule has 138 valence electrons. The number of carbonyl (C=O) groups is 1. The van der Waals surface area contributed by atoms with E-state index in [1.807, 2.05) is 14.1 Å². The number of aromatic nitrogens is 1. The lowest BCUT2D eigenvalue weighted by molar-refractivity contribution is 0.0978. The molecule has 4 nitrogen and oxygen atoms in total. The maximum Gasteiger partial charge on any atom is 0.260 e. The van der Waals surface area contributed by atoms with E-state index in [1.165, 1.54) is 5.56 Å². The Kier molecular flexibility index (Phi) is 5.09. The van der Waals surface area contributed by atoms with Crippen LogP contribution in [0.5, 0.6) is 0 Å². The molecule has 0 unspecified atom stereocenters. The molecule has 0 spiro atoms. The van der Waals surface area contributed by atoms with Crippen molar-refractivity contribution in [2.45, 2.75) is 39.2 Å². The number of hydrogen-bond donors (Lipinski definition) is 0. The van der Waals surface area contributed by atoms with Gasteiger partial charge in [-0.1, -0.05) is 44.5 Å². The smallest absolute Gasteiger partial charge is 0.260 e. The summed E-state index contributed by atoms with van der Waals surface area (Å²) in [6.45, 7) is 7.98. The lowest BCUT2D eigenvalue weighted by Gasteiger charge is -2.32. The number of rotatable bonds is 3. The number of amides is 1. The van der Waals surface area contributed by atoms with Gasteiger partial charge in [-0.3, -0.25) is 9.69 Å². The number of halogens is 1. The van der Waals surface area contributed by atoms with Gasteiger partial charge in [-0.15, -0.1) is 0 Å². The van der Waals surface area contributed by atoms with Gasteiger partial charge in [0.05, 0.1) is 0 Å². The van der Waals surface area contributed by atoms with Crippen molar-refractivity contribution in [3.8, 4) is 0 Å².